The zero-order valence-electron chi connectivity index (χ0n) is 10.8. The summed E-state index contributed by atoms with van der Waals surface area (Å²) in [4.78, 5) is 16.0. The monoisotopic (exact) mass is 284 g/mol. The molecule has 0 bridgehead atoms. The summed E-state index contributed by atoms with van der Waals surface area (Å²) < 4.78 is 1.75. The first kappa shape index (κ1) is 12.6. The van der Waals surface area contributed by atoms with Crippen LogP contribution in [0, 0.1) is 6.92 Å². The topological polar surface area (TPSA) is 59.8 Å². The molecule has 0 saturated carbocycles. The van der Waals surface area contributed by atoms with Crippen LogP contribution in [0.25, 0.3) is 5.69 Å². The molecule has 6 heteroatoms. The van der Waals surface area contributed by atoms with Crippen LogP contribution in [-0.2, 0) is 0 Å². The van der Waals surface area contributed by atoms with Crippen molar-refractivity contribution in [3.8, 4) is 5.69 Å². The Hall–Kier alpha value is -2.47. The van der Waals surface area contributed by atoms with Gasteiger partial charge in [0, 0.05) is 23.5 Å². The quantitative estimate of drug-likeness (QED) is 0.804. The van der Waals surface area contributed by atoms with E-state index in [1.54, 1.807) is 21.8 Å². The van der Waals surface area contributed by atoms with Crippen LogP contribution in [0.4, 0.5) is 5.69 Å². The van der Waals surface area contributed by atoms with E-state index in [2.05, 4.69) is 15.4 Å². The number of aryl methyl sites for hydroxylation is 1. The van der Waals surface area contributed by atoms with Gasteiger partial charge in [0.2, 0.25) is 0 Å². The number of aromatic nitrogens is 3. The average molecular weight is 284 g/mol. The fourth-order valence-electron chi connectivity index (χ4n) is 1.82. The zero-order valence-corrected chi connectivity index (χ0v) is 11.6. The van der Waals surface area contributed by atoms with Crippen LogP contribution in [0.5, 0.6) is 0 Å². The Morgan fingerprint density at radius 2 is 2.30 bits per heavy atom. The summed E-state index contributed by atoms with van der Waals surface area (Å²) in [5.41, 5.74) is 4.72. The number of rotatable bonds is 3. The Morgan fingerprint density at radius 3 is 3.00 bits per heavy atom. The van der Waals surface area contributed by atoms with E-state index in [1.807, 2.05) is 37.4 Å². The van der Waals surface area contributed by atoms with Crippen LogP contribution in [0.2, 0.25) is 0 Å². The van der Waals surface area contributed by atoms with Gasteiger partial charge in [0.1, 0.15) is 5.69 Å². The third-order valence-corrected chi connectivity index (χ3v) is 3.49. The number of hydrogen-bond donors (Lipinski definition) is 1. The van der Waals surface area contributed by atoms with Gasteiger partial charge in [-0.1, -0.05) is 6.07 Å². The molecule has 0 spiro atoms. The third-order valence-electron chi connectivity index (χ3n) is 2.90. The molecule has 0 atom stereocenters. The molecule has 1 N–H and O–H groups in total. The molecule has 2 aromatic heterocycles. The minimum absolute atomic E-state index is 0.202. The summed E-state index contributed by atoms with van der Waals surface area (Å²) >= 11 is 1.40. The molecule has 0 fully saturated rings. The first-order valence-corrected chi connectivity index (χ1v) is 6.98. The maximum Gasteiger partial charge on any atom is 0.275 e. The van der Waals surface area contributed by atoms with Crippen LogP contribution in [0.15, 0.2) is 47.5 Å². The SMILES string of the molecule is Cc1ccc(-n2cccn2)cc1NC(=O)c1cscn1. The summed E-state index contributed by atoms with van der Waals surface area (Å²) in [5.74, 6) is -0.202. The Balaban J connectivity index is 1.89. The normalized spacial score (nSPS) is 10.4. The second-order valence-corrected chi connectivity index (χ2v) is 5.00. The summed E-state index contributed by atoms with van der Waals surface area (Å²) in [6, 6.07) is 7.66. The minimum atomic E-state index is -0.202. The summed E-state index contributed by atoms with van der Waals surface area (Å²) in [6.07, 6.45) is 3.57. The predicted octanol–water partition coefficient (Wildman–Crippen LogP) is 2.89. The predicted molar refractivity (Wildman–Crippen MR) is 78.4 cm³/mol. The highest BCUT2D eigenvalue weighted by Crippen LogP contribution is 2.20. The molecule has 100 valence electrons. The lowest BCUT2D eigenvalue weighted by Crippen LogP contribution is -2.13. The highest BCUT2D eigenvalue weighted by Gasteiger charge is 2.10. The molecule has 5 nitrogen and oxygen atoms in total. The number of thiazole rings is 1. The Labute approximate surface area is 119 Å². The Bertz CT molecular complexity index is 720. The van der Waals surface area contributed by atoms with Gasteiger partial charge in [-0.25, -0.2) is 9.67 Å². The maximum atomic E-state index is 12.0. The standard InChI is InChI=1S/C14H12N4OS/c1-10-3-4-11(18-6-2-5-16-18)7-12(10)17-14(19)13-8-20-9-15-13/h2-9H,1H3,(H,17,19). The van der Waals surface area contributed by atoms with E-state index < -0.39 is 0 Å². The lowest BCUT2D eigenvalue weighted by Gasteiger charge is -2.10. The molecule has 1 amide bonds. The zero-order chi connectivity index (χ0) is 13.9. The fraction of sp³-hybridized carbons (Fsp3) is 0.0714. The van der Waals surface area contributed by atoms with Crippen LogP contribution in [0.1, 0.15) is 16.1 Å². The van der Waals surface area contributed by atoms with Crippen molar-refractivity contribution in [3.05, 3.63) is 58.8 Å². The number of carbonyl (C=O) groups is 1. The first-order valence-electron chi connectivity index (χ1n) is 6.04. The number of benzene rings is 1. The maximum absolute atomic E-state index is 12.0. The third kappa shape index (κ3) is 2.46. The van der Waals surface area contributed by atoms with Gasteiger partial charge in [0.05, 0.1) is 11.2 Å². The molecule has 0 radical (unpaired) electrons. The van der Waals surface area contributed by atoms with Gasteiger partial charge in [0.15, 0.2) is 0 Å². The van der Waals surface area contributed by atoms with Crippen molar-refractivity contribution in [2.75, 3.05) is 5.32 Å². The van der Waals surface area contributed by atoms with Gasteiger partial charge >= 0.3 is 0 Å². The van der Waals surface area contributed by atoms with Gasteiger partial charge in [-0.2, -0.15) is 5.10 Å². The van der Waals surface area contributed by atoms with E-state index in [-0.39, 0.29) is 5.91 Å². The van der Waals surface area contributed by atoms with E-state index in [4.69, 9.17) is 0 Å². The van der Waals surface area contributed by atoms with Crippen molar-refractivity contribution in [1.29, 1.82) is 0 Å². The highest BCUT2D eigenvalue weighted by atomic mass is 32.1. The largest absolute Gasteiger partial charge is 0.320 e. The molecule has 0 aliphatic rings. The molecule has 0 unspecified atom stereocenters. The summed E-state index contributed by atoms with van der Waals surface area (Å²) in [6.45, 7) is 1.95. The van der Waals surface area contributed by atoms with E-state index in [9.17, 15) is 4.79 Å². The van der Waals surface area contributed by atoms with Gasteiger partial charge in [-0.3, -0.25) is 4.79 Å². The molecule has 3 rings (SSSR count). The molecular weight excluding hydrogens is 272 g/mol. The summed E-state index contributed by atoms with van der Waals surface area (Å²) in [7, 11) is 0. The molecule has 0 saturated heterocycles. The Morgan fingerprint density at radius 1 is 1.40 bits per heavy atom. The van der Waals surface area contributed by atoms with E-state index >= 15 is 0 Å². The number of nitrogens with zero attached hydrogens (tertiary/aromatic N) is 3. The second kappa shape index (κ2) is 5.26. The van der Waals surface area contributed by atoms with E-state index in [0.29, 0.717) is 5.69 Å². The number of hydrogen-bond acceptors (Lipinski definition) is 4. The number of carbonyl (C=O) groups excluding carboxylic acids is 1. The Kier molecular flexibility index (Phi) is 3.30. The van der Waals surface area contributed by atoms with E-state index in [1.165, 1.54) is 11.3 Å². The van der Waals surface area contributed by atoms with Crippen molar-refractivity contribution >= 4 is 22.9 Å². The summed E-state index contributed by atoms with van der Waals surface area (Å²) in [5, 5.41) is 8.78. The van der Waals surface area contributed by atoms with Crippen molar-refractivity contribution in [2.24, 2.45) is 0 Å². The van der Waals surface area contributed by atoms with Gasteiger partial charge in [-0.15, -0.1) is 11.3 Å². The molecular formula is C14H12N4OS. The van der Waals surface area contributed by atoms with Crippen molar-refractivity contribution in [3.63, 3.8) is 0 Å². The number of amides is 1. The molecule has 3 aromatic rings. The van der Waals surface area contributed by atoms with Crippen molar-refractivity contribution in [2.45, 2.75) is 6.92 Å². The van der Waals surface area contributed by atoms with Crippen LogP contribution < -0.4 is 5.32 Å². The molecule has 0 aliphatic carbocycles. The fourth-order valence-corrected chi connectivity index (χ4v) is 2.35. The smallest absolute Gasteiger partial charge is 0.275 e. The number of nitrogens with one attached hydrogen (secondary N) is 1. The average Bonchev–Trinajstić information content (AvgIpc) is 3.14. The van der Waals surface area contributed by atoms with Gasteiger partial charge in [-0.05, 0) is 30.7 Å². The molecule has 1 aromatic carbocycles. The van der Waals surface area contributed by atoms with Gasteiger partial charge in [0.25, 0.3) is 5.91 Å². The lowest BCUT2D eigenvalue weighted by molar-refractivity contribution is 0.102. The van der Waals surface area contributed by atoms with Crippen LogP contribution in [0.3, 0.4) is 0 Å². The molecule has 20 heavy (non-hydrogen) atoms. The first-order chi connectivity index (χ1) is 9.74. The van der Waals surface area contributed by atoms with Crippen LogP contribution in [-0.4, -0.2) is 20.7 Å². The second-order valence-electron chi connectivity index (χ2n) is 4.28. The molecule has 2 heterocycles. The van der Waals surface area contributed by atoms with Crippen molar-refractivity contribution in [1.82, 2.24) is 14.8 Å². The molecule has 0 aliphatic heterocycles. The highest BCUT2D eigenvalue weighted by molar-refractivity contribution is 7.07. The van der Waals surface area contributed by atoms with Crippen molar-refractivity contribution < 1.29 is 4.79 Å². The van der Waals surface area contributed by atoms with Crippen LogP contribution >= 0.6 is 11.3 Å². The number of anilines is 1. The van der Waals surface area contributed by atoms with E-state index in [0.717, 1.165) is 16.9 Å². The lowest BCUT2D eigenvalue weighted by atomic mass is 10.1. The van der Waals surface area contributed by atoms with Gasteiger partial charge < -0.3 is 5.32 Å². The minimum Gasteiger partial charge on any atom is -0.320 e.